The number of fused-ring (bicyclic) bond motifs is 1. The quantitative estimate of drug-likeness (QED) is 0.757. The summed E-state index contributed by atoms with van der Waals surface area (Å²) in [5.41, 5.74) is 1.63. The van der Waals surface area contributed by atoms with Crippen molar-refractivity contribution in [1.82, 2.24) is 4.57 Å². The Bertz CT molecular complexity index is 626. The van der Waals surface area contributed by atoms with E-state index in [2.05, 4.69) is 6.58 Å². The topological polar surface area (TPSA) is 31.2 Å². The molecule has 0 aliphatic heterocycles. The monoisotopic (exact) mass is 229 g/mol. The second-order valence-electron chi connectivity index (χ2n) is 3.96. The summed E-state index contributed by atoms with van der Waals surface area (Å²) in [6, 6.07) is 7.63. The van der Waals surface area contributed by atoms with Crippen LogP contribution >= 0.6 is 0 Å². The van der Waals surface area contributed by atoms with Gasteiger partial charge in [0.15, 0.2) is 0 Å². The summed E-state index contributed by atoms with van der Waals surface area (Å²) < 4.78 is 6.89. The van der Waals surface area contributed by atoms with E-state index in [1.807, 2.05) is 31.2 Å². The van der Waals surface area contributed by atoms with Crippen LogP contribution in [0.5, 0.6) is 5.75 Å². The van der Waals surface area contributed by atoms with Gasteiger partial charge < -0.3 is 9.30 Å². The summed E-state index contributed by atoms with van der Waals surface area (Å²) >= 11 is 0. The molecule has 2 rings (SSSR count). The van der Waals surface area contributed by atoms with Crippen molar-refractivity contribution in [3.63, 3.8) is 0 Å². The van der Waals surface area contributed by atoms with E-state index in [0.717, 1.165) is 22.2 Å². The standard InChI is InChI=1S/C14H15NO2/c1-4-7-15-13-9-12(17-3)6-5-11(13)8-10(2)14(15)16/h4-6,8-9H,1,7H2,2-3H3. The third-order valence-corrected chi connectivity index (χ3v) is 2.79. The minimum Gasteiger partial charge on any atom is -0.497 e. The Kier molecular flexibility index (Phi) is 3.00. The van der Waals surface area contributed by atoms with Gasteiger partial charge in [0.1, 0.15) is 5.75 Å². The maximum atomic E-state index is 12.0. The molecule has 88 valence electrons. The number of allylic oxidation sites excluding steroid dienone is 1. The van der Waals surface area contributed by atoms with E-state index in [9.17, 15) is 4.79 Å². The van der Waals surface area contributed by atoms with Crippen LogP contribution in [0.25, 0.3) is 10.9 Å². The van der Waals surface area contributed by atoms with Gasteiger partial charge in [-0.2, -0.15) is 0 Å². The van der Waals surface area contributed by atoms with E-state index in [1.54, 1.807) is 17.8 Å². The van der Waals surface area contributed by atoms with Crippen molar-refractivity contribution in [2.45, 2.75) is 13.5 Å². The Labute approximate surface area is 100.0 Å². The second-order valence-corrected chi connectivity index (χ2v) is 3.96. The first-order valence-electron chi connectivity index (χ1n) is 5.46. The molecule has 0 aliphatic rings. The van der Waals surface area contributed by atoms with Crippen molar-refractivity contribution >= 4 is 10.9 Å². The van der Waals surface area contributed by atoms with Crippen molar-refractivity contribution in [1.29, 1.82) is 0 Å². The second kappa shape index (κ2) is 4.45. The fourth-order valence-corrected chi connectivity index (χ4v) is 1.93. The van der Waals surface area contributed by atoms with Crippen molar-refractivity contribution in [3.8, 4) is 5.75 Å². The van der Waals surface area contributed by atoms with Gasteiger partial charge in [-0.3, -0.25) is 4.79 Å². The van der Waals surface area contributed by atoms with Gasteiger partial charge in [0.2, 0.25) is 0 Å². The lowest BCUT2D eigenvalue weighted by atomic mass is 10.1. The minimum absolute atomic E-state index is 0.0191. The number of nitrogens with zero attached hydrogens (tertiary/aromatic N) is 1. The van der Waals surface area contributed by atoms with Crippen molar-refractivity contribution < 1.29 is 4.74 Å². The normalized spacial score (nSPS) is 10.5. The highest BCUT2D eigenvalue weighted by Crippen LogP contribution is 2.20. The first-order chi connectivity index (χ1) is 8.17. The molecule has 0 saturated heterocycles. The van der Waals surface area contributed by atoms with Crippen LogP contribution in [-0.4, -0.2) is 11.7 Å². The zero-order valence-corrected chi connectivity index (χ0v) is 10.1. The van der Waals surface area contributed by atoms with Crippen molar-refractivity contribution in [2.75, 3.05) is 7.11 Å². The lowest BCUT2D eigenvalue weighted by molar-refractivity contribution is 0.415. The Hall–Kier alpha value is -2.03. The average molecular weight is 229 g/mol. The molecule has 1 aromatic carbocycles. The molecule has 0 unspecified atom stereocenters. The number of pyridine rings is 1. The van der Waals surface area contributed by atoms with Gasteiger partial charge in [0.25, 0.3) is 5.56 Å². The van der Waals surface area contributed by atoms with E-state index in [-0.39, 0.29) is 5.56 Å². The van der Waals surface area contributed by atoms with Crippen LogP contribution in [0.2, 0.25) is 0 Å². The van der Waals surface area contributed by atoms with Crippen LogP contribution in [0.4, 0.5) is 0 Å². The molecule has 0 atom stereocenters. The Morgan fingerprint density at radius 2 is 2.18 bits per heavy atom. The number of methoxy groups -OCH3 is 1. The van der Waals surface area contributed by atoms with Crippen LogP contribution in [0.3, 0.4) is 0 Å². The van der Waals surface area contributed by atoms with Crippen LogP contribution in [0.15, 0.2) is 41.7 Å². The molecule has 0 amide bonds. The summed E-state index contributed by atoms with van der Waals surface area (Å²) in [5, 5.41) is 1.03. The Morgan fingerprint density at radius 1 is 1.41 bits per heavy atom. The van der Waals surface area contributed by atoms with Gasteiger partial charge in [-0.05, 0) is 30.5 Å². The number of hydrogen-bond acceptors (Lipinski definition) is 2. The summed E-state index contributed by atoms with van der Waals surface area (Å²) in [4.78, 5) is 12.0. The zero-order valence-electron chi connectivity index (χ0n) is 10.1. The Morgan fingerprint density at radius 3 is 2.82 bits per heavy atom. The summed E-state index contributed by atoms with van der Waals surface area (Å²) in [7, 11) is 1.62. The molecule has 0 saturated carbocycles. The van der Waals surface area contributed by atoms with Crippen LogP contribution in [0.1, 0.15) is 5.56 Å². The number of hydrogen-bond donors (Lipinski definition) is 0. The van der Waals surface area contributed by atoms with E-state index < -0.39 is 0 Å². The molecule has 0 spiro atoms. The zero-order chi connectivity index (χ0) is 12.4. The van der Waals surface area contributed by atoms with Gasteiger partial charge in [-0.15, -0.1) is 6.58 Å². The van der Waals surface area contributed by atoms with E-state index >= 15 is 0 Å². The summed E-state index contributed by atoms with van der Waals surface area (Å²) in [5.74, 6) is 0.749. The first kappa shape index (κ1) is 11.5. The molecule has 0 N–H and O–H groups in total. The van der Waals surface area contributed by atoms with Crippen molar-refractivity contribution in [3.05, 3.63) is 52.8 Å². The third-order valence-electron chi connectivity index (χ3n) is 2.79. The fourth-order valence-electron chi connectivity index (χ4n) is 1.93. The molecule has 1 heterocycles. The molecular formula is C14H15NO2. The third kappa shape index (κ3) is 1.96. The van der Waals surface area contributed by atoms with Crippen LogP contribution in [-0.2, 0) is 6.54 Å². The number of benzene rings is 1. The highest BCUT2D eigenvalue weighted by atomic mass is 16.5. The smallest absolute Gasteiger partial charge is 0.254 e. The lowest BCUT2D eigenvalue weighted by Gasteiger charge is -2.10. The van der Waals surface area contributed by atoms with Gasteiger partial charge in [0, 0.05) is 18.2 Å². The van der Waals surface area contributed by atoms with Gasteiger partial charge in [0.05, 0.1) is 12.6 Å². The molecular weight excluding hydrogens is 214 g/mol. The average Bonchev–Trinajstić information content (AvgIpc) is 2.34. The molecule has 0 aliphatic carbocycles. The van der Waals surface area contributed by atoms with E-state index in [0.29, 0.717) is 6.54 Å². The van der Waals surface area contributed by atoms with E-state index in [4.69, 9.17) is 4.74 Å². The molecule has 0 bridgehead atoms. The van der Waals surface area contributed by atoms with E-state index in [1.165, 1.54) is 0 Å². The Balaban J connectivity index is 2.84. The molecule has 17 heavy (non-hydrogen) atoms. The molecule has 0 fully saturated rings. The molecule has 2 aromatic rings. The number of aromatic nitrogens is 1. The van der Waals surface area contributed by atoms with Crippen LogP contribution in [0, 0.1) is 6.92 Å². The number of rotatable bonds is 3. The van der Waals surface area contributed by atoms with Gasteiger partial charge >= 0.3 is 0 Å². The molecule has 3 heteroatoms. The predicted molar refractivity (Wildman–Crippen MR) is 69.7 cm³/mol. The van der Waals surface area contributed by atoms with Gasteiger partial charge in [-0.1, -0.05) is 6.08 Å². The van der Waals surface area contributed by atoms with Crippen molar-refractivity contribution in [2.24, 2.45) is 0 Å². The lowest BCUT2D eigenvalue weighted by Crippen LogP contribution is -2.21. The minimum atomic E-state index is 0.0191. The summed E-state index contributed by atoms with van der Waals surface area (Å²) in [6.45, 7) is 6.01. The molecule has 3 nitrogen and oxygen atoms in total. The maximum Gasteiger partial charge on any atom is 0.254 e. The predicted octanol–water partition coefficient (Wildman–Crippen LogP) is 2.50. The fraction of sp³-hybridized carbons (Fsp3) is 0.214. The highest BCUT2D eigenvalue weighted by molar-refractivity contribution is 5.81. The van der Waals surface area contributed by atoms with Gasteiger partial charge in [-0.25, -0.2) is 0 Å². The summed E-state index contributed by atoms with van der Waals surface area (Å²) in [6.07, 6.45) is 1.72. The number of ether oxygens (including phenoxy) is 1. The molecule has 0 radical (unpaired) electrons. The SMILES string of the molecule is C=CCn1c(=O)c(C)cc2ccc(OC)cc21. The largest absolute Gasteiger partial charge is 0.497 e. The maximum absolute atomic E-state index is 12.0. The highest BCUT2D eigenvalue weighted by Gasteiger charge is 2.06. The number of aryl methyl sites for hydroxylation is 1. The van der Waals surface area contributed by atoms with Crippen LogP contribution < -0.4 is 10.3 Å². The molecule has 1 aromatic heterocycles. The first-order valence-corrected chi connectivity index (χ1v) is 5.46.